The fourth-order valence-corrected chi connectivity index (χ4v) is 3.72. The Balaban J connectivity index is 1.55. The molecule has 1 aliphatic rings. The lowest BCUT2D eigenvalue weighted by Gasteiger charge is -2.13. The molecule has 1 aromatic heterocycles. The molecule has 8 heteroatoms. The number of carbonyl (C=O) groups excluding carboxylic acids is 2. The number of anilines is 1. The number of hydrogen-bond donors (Lipinski definition) is 2. The van der Waals surface area contributed by atoms with Gasteiger partial charge in [0, 0.05) is 22.7 Å². The third-order valence-electron chi connectivity index (χ3n) is 5.08. The number of H-pyrrole nitrogens is 1. The van der Waals surface area contributed by atoms with E-state index in [2.05, 4.69) is 10.3 Å². The number of cyclic esters (lactones) is 1. The summed E-state index contributed by atoms with van der Waals surface area (Å²) in [6, 6.07) is 10.2. The van der Waals surface area contributed by atoms with Gasteiger partial charge in [0.15, 0.2) is 11.5 Å². The van der Waals surface area contributed by atoms with Gasteiger partial charge >= 0.3 is 5.97 Å². The van der Waals surface area contributed by atoms with Gasteiger partial charge in [-0.2, -0.15) is 0 Å². The number of amides is 1. The molecule has 1 amide bonds. The molecule has 2 heterocycles. The van der Waals surface area contributed by atoms with Crippen molar-refractivity contribution in [1.29, 1.82) is 0 Å². The molecule has 1 aliphatic heterocycles. The summed E-state index contributed by atoms with van der Waals surface area (Å²) in [6.07, 6.45) is -0.786. The Morgan fingerprint density at radius 2 is 1.93 bits per heavy atom. The van der Waals surface area contributed by atoms with Gasteiger partial charge in [-0.25, -0.2) is 4.79 Å². The Bertz CT molecular complexity index is 1230. The van der Waals surface area contributed by atoms with Crippen molar-refractivity contribution in [2.75, 3.05) is 19.5 Å². The van der Waals surface area contributed by atoms with Crippen LogP contribution in [0.15, 0.2) is 41.2 Å². The molecule has 0 radical (unpaired) electrons. The zero-order valence-electron chi connectivity index (χ0n) is 16.7. The molecule has 4 rings (SSSR count). The number of nitrogens with one attached hydrogen (secondary N) is 2. The Morgan fingerprint density at radius 3 is 2.67 bits per heavy atom. The first-order valence-electron chi connectivity index (χ1n) is 9.30. The number of carbonyl (C=O) groups is 2. The second kappa shape index (κ2) is 7.55. The fraction of sp³-hybridized carbons (Fsp3) is 0.227. The molecule has 1 atom stereocenters. The summed E-state index contributed by atoms with van der Waals surface area (Å²) >= 11 is 0. The van der Waals surface area contributed by atoms with E-state index < -0.39 is 12.1 Å². The van der Waals surface area contributed by atoms with Crippen LogP contribution in [-0.2, 0) is 9.53 Å². The van der Waals surface area contributed by atoms with E-state index >= 15 is 0 Å². The summed E-state index contributed by atoms with van der Waals surface area (Å²) in [4.78, 5) is 39.4. The molecule has 0 unspecified atom stereocenters. The van der Waals surface area contributed by atoms with Crippen molar-refractivity contribution in [3.63, 3.8) is 0 Å². The highest BCUT2D eigenvalue weighted by molar-refractivity contribution is 6.00. The molecule has 0 saturated heterocycles. The maximum absolute atomic E-state index is 12.6. The summed E-state index contributed by atoms with van der Waals surface area (Å²) < 4.78 is 15.9. The van der Waals surface area contributed by atoms with Gasteiger partial charge in [-0.15, -0.1) is 0 Å². The van der Waals surface area contributed by atoms with Gasteiger partial charge in [-0.1, -0.05) is 12.1 Å². The standard InChI is InChI=1S/C22H20N2O6/c1-11-8-18(25)24-15-9-12(4-5-13(11)15)23-19(26)10-17-14-6-7-16(28-2)21(29-3)20(14)22(27)30-17/h4-9,17H,10H2,1-3H3,(H,23,26)(H,24,25)/t17-/m1/s1. The number of aromatic nitrogens is 1. The minimum absolute atomic E-state index is 0.0589. The van der Waals surface area contributed by atoms with Crippen LogP contribution in [0.3, 0.4) is 0 Å². The first-order valence-corrected chi connectivity index (χ1v) is 9.30. The van der Waals surface area contributed by atoms with Gasteiger partial charge in [-0.05, 0) is 30.7 Å². The first-order chi connectivity index (χ1) is 14.4. The maximum atomic E-state index is 12.6. The van der Waals surface area contributed by atoms with E-state index in [4.69, 9.17) is 14.2 Å². The Labute approximate surface area is 171 Å². The average Bonchev–Trinajstić information content (AvgIpc) is 3.02. The highest BCUT2D eigenvalue weighted by atomic mass is 16.6. The minimum Gasteiger partial charge on any atom is -0.493 e. The zero-order chi connectivity index (χ0) is 21.4. The molecule has 0 aliphatic carbocycles. The summed E-state index contributed by atoms with van der Waals surface area (Å²) in [5.74, 6) is -0.183. The van der Waals surface area contributed by atoms with Crippen molar-refractivity contribution < 1.29 is 23.8 Å². The molecule has 2 N–H and O–H groups in total. The van der Waals surface area contributed by atoms with Crippen LogP contribution >= 0.6 is 0 Å². The van der Waals surface area contributed by atoms with Gasteiger partial charge < -0.3 is 24.5 Å². The lowest BCUT2D eigenvalue weighted by molar-refractivity contribution is -0.118. The average molecular weight is 408 g/mol. The quantitative estimate of drug-likeness (QED) is 0.629. The molecular formula is C22H20N2O6. The predicted molar refractivity (Wildman–Crippen MR) is 110 cm³/mol. The van der Waals surface area contributed by atoms with E-state index in [9.17, 15) is 14.4 Å². The number of aryl methyl sites for hydroxylation is 1. The van der Waals surface area contributed by atoms with Gasteiger partial charge in [0.05, 0.1) is 26.2 Å². The molecule has 0 fully saturated rings. The lowest BCUT2D eigenvalue weighted by Crippen LogP contribution is -2.16. The number of fused-ring (bicyclic) bond motifs is 2. The van der Waals surface area contributed by atoms with E-state index in [1.165, 1.54) is 20.3 Å². The van der Waals surface area contributed by atoms with Gasteiger partial charge in [-0.3, -0.25) is 9.59 Å². The molecule has 2 aromatic carbocycles. The molecule has 0 saturated carbocycles. The highest BCUT2D eigenvalue weighted by Crippen LogP contribution is 2.43. The number of esters is 1. The largest absolute Gasteiger partial charge is 0.493 e. The van der Waals surface area contributed by atoms with Crippen molar-refractivity contribution in [1.82, 2.24) is 4.98 Å². The Hall–Kier alpha value is -3.81. The molecule has 154 valence electrons. The third kappa shape index (κ3) is 3.36. The SMILES string of the molecule is COc1ccc2c(c1OC)C(=O)O[C@@H]2CC(=O)Nc1ccc2c(C)cc(=O)[nH]c2c1. The summed E-state index contributed by atoms with van der Waals surface area (Å²) in [7, 11) is 2.92. The number of methoxy groups -OCH3 is 2. The summed E-state index contributed by atoms with van der Waals surface area (Å²) in [6.45, 7) is 1.85. The van der Waals surface area contributed by atoms with Crippen molar-refractivity contribution in [3.05, 3.63) is 63.4 Å². The Morgan fingerprint density at radius 1 is 1.13 bits per heavy atom. The number of aromatic amines is 1. The van der Waals surface area contributed by atoms with E-state index in [1.807, 2.05) is 13.0 Å². The minimum atomic E-state index is -0.727. The van der Waals surface area contributed by atoms with Crippen molar-refractivity contribution in [2.45, 2.75) is 19.4 Å². The van der Waals surface area contributed by atoms with Gasteiger partial charge in [0.1, 0.15) is 11.7 Å². The normalized spacial score (nSPS) is 14.9. The molecular weight excluding hydrogens is 388 g/mol. The molecule has 8 nitrogen and oxygen atoms in total. The third-order valence-corrected chi connectivity index (χ3v) is 5.08. The van der Waals surface area contributed by atoms with Crippen molar-refractivity contribution in [2.24, 2.45) is 0 Å². The van der Waals surface area contributed by atoms with Crippen LogP contribution in [0.4, 0.5) is 5.69 Å². The van der Waals surface area contributed by atoms with Gasteiger partial charge in [0.2, 0.25) is 11.5 Å². The van der Waals surface area contributed by atoms with Crippen LogP contribution < -0.4 is 20.3 Å². The summed E-state index contributed by atoms with van der Waals surface area (Å²) in [5.41, 5.74) is 2.66. The monoisotopic (exact) mass is 408 g/mol. The van der Waals surface area contributed by atoms with Crippen molar-refractivity contribution >= 4 is 28.5 Å². The van der Waals surface area contributed by atoms with E-state index in [-0.39, 0.29) is 29.2 Å². The number of hydrogen-bond acceptors (Lipinski definition) is 6. The second-order valence-electron chi connectivity index (χ2n) is 6.99. The molecule has 0 spiro atoms. The van der Waals surface area contributed by atoms with E-state index in [1.54, 1.807) is 24.3 Å². The number of rotatable bonds is 5. The summed E-state index contributed by atoms with van der Waals surface area (Å²) in [5, 5.41) is 3.68. The topological polar surface area (TPSA) is 107 Å². The van der Waals surface area contributed by atoms with Crippen LogP contribution in [0.5, 0.6) is 11.5 Å². The number of pyridine rings is 1. The number of ether oxygens (including phenoxy) is 3. The van der Waals surface area contributed by atoms with Crippen molar-refractivity contribution in [3.8, 4) is 11.5 Å². The van der Waals surface area contributed by atoms with Gasteiger partial charge in [0.25, 0.3) is 0 Å². The fourth-order valence-electron chi connectivity index (χ4n) is 3.72. The maximum Gasteiger partial charge on any atom is 0.343 e. The highest BCUT2D eigenvalue weighted by Gasteiger charge is 2.36. The Kier molecular flexibility index (Phi) is 4.91. The van der Waals surface area contributed by atoms with E-state index in [0.29, 0.717) is 22.5 Å². The van der Waals surface area contributed by atoms with Crippen LogP contribution in [-0.4, -0.2) is 31.1 Å². The smallest absolute Gasteiger partial charge is 0.343 e. The lowest BCUT2D eigenvalue weighted by atomic mass is 10.0. The van der Waals surface area contributed by atoms with Crippen LogP contribution in [0.2, 0.25) is 0 Å². The second-order valence-corrected chi connectivity index (χ2v) is 6.99. The predicted octanol–water partition coefficient (Wildman–Crippen LogP) is 3.09. The zero-order valence-corrected chi connectivity index (χ0v) is 16.7. The van der Waals surface area contributed by atoms with Crippen LogP contribution in [0.25, 0.3) is 10.9 Å². The van der Waals surface area contributed by atoms with Crippen LogP contribution in [0.1, 0.15) is 34.0 Å². The molecule has 3 aromatic rings. The first kappa shape index (κ1) is 19.5. The molecule has 0 bridgehead atoms. The van der Waals surface area contributed by atoms with E-state index in [0.717, 1.165) is 10.9 Å². The molecule has 30 heavy (non-hydrogen) atoms. The van der Waals surface area contributed by atoms with Crippen LogP contribution in [0, 0.1) is 6.92 Å². The number of benzene rings is 2.